The van der Waals surface area contributed by atoms with Crippen molar-refractivity contribution in [1.29, 1.82) is 0 Å². The van der Waals surface area contributed by atoms with Gasteiger partial charge in [-0.1, -0.05) is 13.3 Å². The molecule has 2 saturated heterocycles. The third-order valence-electron chi connectivity index (χ3n) is 10.1. The standard InChI is InChI=1S/C26H37NO7/c1-3-26(2,18-11-14-4-5-15(18)10-14)34-25(30)21-17-12-16-20(21)24(29)33-23(16)22(17)32-19(28)13-27-6-8-31-9-7-27/h14-18,20-23H,3-13H2,1-2H3. The number of esters is 3. The van der Waals surface area contributed by atoms with Crippen LogP contribution in [0, 0.1) is 41.4 Å². The second-order valence-electron chi connectivity index (χ2n) is 11.7. The van der Waals surface area contributed by atoms with E-state index in [9.17, 15) is 14.4 Å². The summed E-state index contributed by atoms with van der Waals surface area (Å²) >= 11 is 0. The maximum atomic E-state index is 13.7. The van der Waals surface area contributed by atoms with Gasteiger partial charge in [-0.2, -0.15) is 0 Å². The Labute approximate surface area is 201 Å². The lowest BCUT2D eigenvalue weighted by atomic mass is 9.75. The number of carbonyl (C=O) groups is 3. The summed E-state index contributed by atoms with van der Waals surface area (Å²) in [6.07, 6.45) is 5.37. The fraction of sp³-hybridized carbons (Fsp3) is 0.885. The van der Waals surface area contributed by atoms with Crippen LogP contribution in [-0.2, 0) is 33.3 Å². The molecule has 0 spiro atoms. The molecule has 8 nitrogen and oxygen atoms in total. The van der Waals surface area contributed by atoms with E-state index in [-0.39, 0.29) is 36.3 Å². The summed E-state index contributed by atoms with van der Waals surface area (Å²) in [5.41, 5.74) is -0.511. The molecule has 4 bridgehead atoms. The summed E-state index contributed by atoms with van der Waals surface area (Å²) in [5.74, 6) is -0.475. The van der Waals surface area contributed by atoms with Crippen LogP contribution < -0.4 is 0 Å². The minimum absolute atomic E-state index is 0.0633. The van der Waals surface area contributed by atoms with Crippen molar-refractivity contribution in [3.63, 3.8) is 0 Å². The predicted octanol–water partition coefficient (Wildman–Crippen LogP) is 2.19. The monoisotopic (exact) mass is 475 g/mol. The van der Waals surface area contributed by atoms with Crippen molar-refractivity contribution >= 4 is 17.9 Å². The van der Waals surface area contributed by atoms with E-state index in [0.717, 1.165) is 18.8 Å². The minimum atomic E-state index is -0.582. The molecule has 188 valence electrons. The summed E-state index contributed by atoms with van der Waals surface area (Å²) in [6, 6.07) is 0. The Morgan fingerprint density at radius 3 is 2.59 bits per heavy atom. The van der Waals surface area contributed by atoms with Gasteiger partial charge < -0.3 is 18.9 Å². The average molecular weight is 476 g/mol. The molecule has 4 aliphatic carbocycles. The van der Waals surface area contributed by atoms with E-state index in [0.29, 0.717) is 44.6 Å². The van der Waals surface area contributed by atoms with Crippen LogP contribution in [0.3, 0.4) is 0 Å². The second-order valence-corrected chi connectivity index (χ2v) is 11.7. The molecule has 0 aromatic carbocycles. The molecule has 0 aromatic rings. The Hall–Kier alpha value is -1.67. The fourth-order valence-corrected chi connectivity index (χ4v) is 8.30. The zero-order valence-corrected chi connectivity index (χ0v) is 20.3. The Bertz CT molecular complexity index is 856. The van der Waals surface area contributed by atoms with Crippen LogP contribution >= 0.6 is 0 Å². The summed E-state index contributed by atoms with van der Waals surface area (Å²) in [5, 5.41) is 0. The molecule has 0 N–H and O–H groups in total. The molecule has 0 amide bonds. The molecule has 0 aromatic heterocycles. The van der Waals surface area contributed by atoms with Crippen molar-refractivity contribution in [3.8, 4) is 0 Å². The van der Waals surface area contributed by atoms with Crippen LogP contribution in [0.2, 0.25) is 0 Å². The molecule has 0 radical (unpaired) electrons. The molecule has 8 heteroatoms. The van der Waals surface area contributed by atoms with Crippen molar-refractivity contribution in [1.82, 2.24) is 4.90 Å². The highest BCUT2D eigenvalue weighted by Gasteiger charge is 2.70. The van der Waals surface area contributed by atoms with Crippen LogP contribution in [0.25, 0.3) is 0 Å². The van der Waals surface area contributed by atoms with Gasteiger partial charge in [-0.15, -0.1) is 0 Å². The summed E-state index contributed by atoms with van der Waals surface area (Å²) in [6.45, 7) is 6.97. The first-order chi connectivity index (χ1) is 16.4. The zero-order valence-electron chi connectivity index (χ0n) is 20.3. The number of ether oxygens (including phenoxy) is 4. The summed E-state index contributed by atoms with van der Waals surface area (Å²) in [4.78, 5) is 41.2. The van der Waals surface area contributed by atoms with E-state index in [1.54, 1.807) is 0 Å². The van der Waals surface area contributed by atoms with Crippen molar-refractivity contribution in [3.05, 3.63) is 0 Å². The first-order valence-corrected chi connectivity index (χ1v) is 13.3. The molecule has 6 aliphatic rings. The molecule has 34 heavy (non-hydrogen) atoms. The van der Waals surface area contributed by atoms with E-state index < -0.39 is 29.6 Å². The minimum Gasteiger partial charge on any atom is -0.459 e. The molecule has 2 aliphatic heterocycles. The van der Waals surface area contributed by atoms with E-state index in [4.69, 9.17) is 18.9 Å². The van der Waals surface area contributed by atoms with E-state index in [1.165, 1.54) is 19.3 Å². The Kier molecular flexibility index (Phi) is 5.67. The molecular weight excluding hydrogens is 438 g/mol. The van der Waals surface area contributed by atoms with Crippen molar-refractivity contribution in [2.75, 3.05) is 32.8 Å². The summed E-state index contributed by atoms with van der Waals surface area (Å²) < 4.78 is 23.2. The van der Waals surface area contributed by atoms with Gasteiger partial charge in [0.1, 0.15) is 17.8 Å². The number of fused-ring (bicyclic) bond motifs is 3. The number of hydrogen-bond donors (Lipinski definition) is 0. The first kappa shape index (κ1) is 22.8. The number of hydrogen-bond acceptors (Lipinski definition) is 8. The smallest absolute Gasteiger partial charge is 0.320 e. The Morgan fingerprint density at radius 2 is 1.91 bits per heavy atom. The van der Waals surface area contributed by atoms with E-state index >= 15 is 0 Å². The van der Waals surface area contributed by atoms with Gasteiger partial charge in [0.2, 0.25) is 0 Å². The normalized spacial score (nSPS) is 44.2. The molecule has 4 saturated carbocycles. The Balaban J connectivity index is 1.16. The number of morpholine rings is 1. The molecule has 10 atom stereocenters. The van der Waals surface area contributed by atoms with Crippen LogP contribution in [0.5, 0.6) is 0 Å². The maximum absolute atomic E-state index is 13.7. The van der Waals surface area contributed by atoms with Gasteiger partial charge in [-0.25, -0.2) is 0 Å². The largest absolute Gasteiger partial charge is 0.459 e. The highest BCUT2D eigenvalue weighted by atomic mass is 16.6. The van der Waals surface area contributed by atoms with Crippen LogP contribution in [0.15, 0.2) is 0 Å². The quantitative estimate of drug-likeness (QED) is 0.409. The van der Waals surface area contributed by atoms with Crippen molar-refractivity contribution in [2.45, 2.75) is 70.2 Å². The van der Waals surface area contributed by atoms with Gasteiger partial charge in [0.05, 0.1) is 31.6 Å². The molecule has 10 unspecified atom stereocenters. The van der Waals surface area contributed by atoms with Crippen molar-refractivity contribution < 1.29 is 33.3 Å². The first-order valence-electron chi connectivity index (χ1n) is 13.3. The topological polar surface area (TPSA) is 91.4 Å². The van der Waals surface area contributed by atoms with Crippen LogP contribution in [0.1, 0.15) is 52.4 Å². The van der Waals surface area contributed by atoms with Crippen molar-refractivity contribution in [2.24, 2.45) is 41.4 Å². The lowest BCUT2D eigenvalue weighted by Crippen LogP contribution is -2.48. The van der Waals surface area contributed by atoms with Gasteiger partial charge in [-0.05, 0) is 50.9 Å². The molecule has 2 heterocycles. The fourth-order valence-electron chi connectivity index (χ4n) is 8.30. The third-order valence-corrected chi connectivity index (χ3v) is 10.1. The van der Waals surface area contributed by atoms with Gasteiger partial charge in [-0.3, -0.25) is 19.3 Å². The maximum Gasteiger partial charge on any atom is 0.320 e. The van der Waals surface area contributed by atoms with E-state index in [1.807, 2.05) is 4.90 Å². The lowest BCUT2D eigenvalue weighted by Gasteiger charge is -2.41. The van der Waals surface area contributed by atoms with Gasteiger partial charge in [0.25, 0.3) is 0 Å². The number of nitrogens with zero attached hydrogens (tertiary/aromatic N) is 1. The lowest BCUT2D eigenvalue weighted by molar-refractivity contribution is -0.181. The predicted molar refractivity (Wildman–Crippen MR) is 119 cm³/mol. The van der Waals surface area contributed by atoms with Crippen LogP contribution in [-0.4, -0.2) is 73.5 Å². The SMILES string of the molecule is CCC(C)(OC(=O)C1C2CC3C(OC(=O)C31)C2OC(=O)CN1CCOCC1)C1CC2CCC1C2. The van der Waals surface area contributed by atoms with Gasteiger partial charge in [0.15, 0.2) is 0 Å². The highest BCUT2D eigenvalue weighted by molar-refractivity contribution is 5.86. The Morgan fingerprint density at radius 1 is 1.12 bits per heavy atom. The molecule has 6 rings (SSSR count). The second kappa shape index (κ2) is 8.47. The van der Waals surface area contributed by atoms with Gasteiger partial charge >= 0.3 is 17.9 Å². The zero-order chi connectivity index (χ0) is 23.6. The third kappa shape index (κ3) is 3.58. The number of carbonyl (C=O) groups excluding carboxylic acids is 3. The summed E-state index contributed by atoms with van der Waals surface area (Å²) in [7, 11) is 0. The molecular formula is C26H37NO7. The van der Waals surface area contributed by atoms with E-state index in [2.05, 4.69) is 13.8 Å². The highest BCUT2D eigenvalue weighted by Crippen LogP contribution is 2.60. The van der Waals surface area contributed by atoms with Gasteiger partial charge in [0, 0.05) is 30.8 Å². The average Bonchev–Trinajstić information content (AvgIpc) is 3.62. The molecule has 6 fully saturated rings. The van der Waals surface area contributed by atoms with Crippen LogP contribution in [0.4, 0.5) is 0 Å². The number of rotatable bonds is 7.